The van der Waals surface area contributed by atoms with Gasteiger partial charge in [-0.1, -0.05) is 29.8 Å². The summed E-state index contributed by atoms with van der Waals surface area (Å²) in [6.07, 6.45) is 1.19. The van der Waals surface area contributed by atoms with Gasteiger partial charge in [0.1, 0.15) is 23.9 Å². The topological polar surface area (TPSA) is 85.3 Å². The molecule has 1 saturated heterocycles. The van der Waals surface area contributed by atoms with Crippen LogP contribution < -0.4 is 4.74 Å². The molecule has 0 radical (unpaired) electrons. The van der Waals surface area contributed by atoms with E-state index in [0.29, 0.717) is 43.9 Å². The molecule has 7 nitrogen and oxygen atoms in total. The molecule has 2 aromatic rings. The largest absolute Gasteiger partial charge is 0.490 e. The van der Waals surface area contributed by atoms with E-state index in [2.05, 4.69) is 4.40 Å². The Morgan fingerprint density at radius 2 is 1.77 bits per heavy atom. The summed E-state index contributed by atoms with van der Waals surface area (Å²) in [5, 5.41) is 0. The van der Waals surface area contributed by atoms with Gasteiger partial charge < -0.3 is 14.4 Å². The number of amidine groups is 1. The van der Waals surface area contributed by atoms with Gasteiger partial charge in [-0.15, -0.1) is 4.40 Å². The molecule has 0 bridgehead atoms. The molecule has 0 atom stereocenters. The lowest BCUT2D eigenvalue weighted by Crippen LogP contribution is -2.40. The first-order valence-electron chi connectivity index (χ1n) is 9.99. The molecule has 0 amide bonds. The highest BCUT2D eigenvalue weighted by atomic mass is 32.2. The van der Waals surface area contributed by atoms with Crippen molar-refractivity contribution in [3.63, 3.8) is 0 Å². The molecule has 0 aliphatic carbocycles. The third-order valence-corrected chi connectivity index (χ3v) is 6.68. The number of carbonyl (C=O) groups excluding carboxylic acids is 1. The Labute approximate surface area is 176 Å². The van der Waals surface area contributed by atoms with E-state index in [1.807, 2.05) is 36.1 Å². The highest BCUT2D eigenvalue weighted by molar-refractivity contribution is 7.90. The molecule has 0 aromatic heterocycles. The molecule has 2 aliphatic rings. The minimum absolute atomic E-state index is 0.200. The van der Waals surface area contributed by atoms with Gasteiger partial charge in [-0.25, -0.2) is 0 Å². The van der Waals surface area contributed by atoms with E-state index in [1.54, 1.807) is 24.3 Å². The number of piperidine rings is 1. The highest BCUT2D eigenvalue weighted by Gasteiger charge is 2.34. The Balaban J connectivity index is 1.26. The van der Waals surface area contributed by atoms with Crippen molar-refractivity contribution in [2.45, 2.75) is 24.7 Å². The van der Waals surface area contributed by atoms with Crippen molar-refractivity contribution in [3.8, 4) is 5.75 Å². The average Bonchev–Trinajstić information content (AvgIpc) is 3.04. The Hall–Kier alpha value is -2.87. The Kier molecular flexibility index (Phi) is 5.76. The van der Waals surface area contributed by atoms with Crippen LogP contribution in [-0.2, 0) is 19.6 Å². The zero-order valence-electron chi connectivity index (χ0n) is 16.8. The number of hydrogen-bond acceptors (Lipinski definition) is 6. The van der Waals surface area contributed by atoms with Crippen LogP contribution in [0.4, 0.5) is 0 Å². The summed E-state index contributed by atoms with van der Waals surface area (Å²) in [4.78, 5) is 14.5. The van der Waals surface area contributed by atoms with Crippen LogP contribution in [-0.4, -0.2) is 51.4 Å². The zero-order valence-corrected chi connectivity index (χ0v) is 17.6. The lowest BCUT2D eigenvalue weighted by Gasteiger charge is -2.32. The second-order valence-electron chi connectivity index (χ2n) is 7.48. The van der Waals surface area contributed by atoms with Crippen LogP contribution in [0.15, 0.2) is 57.8 Å². The smallest absolute Gasteiger partial charge is 0.309 e. The second kappa shape index (κ2) is 8.47. The summed E-state index contributed by atoms with van der Waals surface area (Å²) >= 11 is 0. The van der Waals surface area contributed by atoms with Crippen molar-refractivity contribution in [2.24, 2.45) is 10.3 Å². The summed E-state index contributed by atoms with van der Waals surface area (Å²) in [7, 11) is -3.63. The van der Waals surface area contributed by atoms with Crippen LogP contribution in [0.3, 0.4) is 0 Å². The summed E-state index contributed by atoms with van der Waals surface area (Å²) in [6, 6.07) is 14.5. The third-order valence-electron chi connectivity index (χ3n) is 5.36. The predicted octanol–water partition coefficient (Wildman–Crippen LogP) is 2.78. The Bertz CT molecular complexity index is 1060. The number of rotatable bonds is 5. The van der Waals surface area contributed by atoms with Gasteiger partial charge in [0.25, 0.3) is 10.0 Å². The van der Waals surface area contributed by atoms with E-state index in [0.717, 1.165) is 11.3 Å². The number of ether oxygens (including phenoxy) is 2. The minimum atomic E-state index is -3.63. The molecular weight excluding hydrogens is 404 g/mol. The van der Waals surface area contributed by atoms with E-state index in [1.165, 1.54) is 0 Å². The van der Waals surface area contributed by atoms with Crippen molar-refractivity contribution in [1.82, 2.24) is 4.90 Å². The zero-order chi connectivity index (χ0) is 21.1. The molecule has 2 aromatic carbocycles. The molecule has 158 valence electrons. The fourth-order valence-electron chi connectivity index (χ4n) is 3.70. The van der Waals surface area contributed by atoms with E-state index < -0.39 is 10.0 Å². The number of carbonyl (C=O) groups is 1. The van der Waals surface area contributed by atoms with Gasteiger partial charge in [0.05, 0.1) is 5.92 Å². The lowest BCUT2D eigenvalue weighted by molar-refractivity contribution is -0.150. The summed E-state index contributed by atoms with van der Waals surface area (Å²) in [6.45, 7) is 3.63. The minimum Gasteiger partial charge on any atom is -0.490 e. The Morgan fingerprint density at radius 3 is 2.50 bits per heavy atom. The van der Waals surface area contributed by atoms with Crippen molar-refractivity contribution in [3.05, 3.63) is 59.7 Å². The van der Waals surface area contributed by atoms with E-state index in [-0.39, 0.29) is 23.4 Å². The van der Waals surface area contributed by atoms with Gasteiger partial charge >= 0.3 is 5.97 Å². The predicted molar refractivity (Wildman–Crippen MR) is 112 cm³/mol. The first-order chi connectivity index (χ1) is 14.4. The number of sulfonamides is 1. The molecule has 0 N–H and O–H groups in total. The normalized spacial score (nSPS) is 17.9. The number of likely N-dealkylation sites (tertiary alicyclic amines) is 1. The first-order valence-corrected chi connectivity index (χ1v) is 11.4. The maximum absolute atomic E-state index is 12.4. The van der Waals surface area contributed by atoms with E-state index in [9.17, 15) is 13.2 Å². The maximum Gasteiger partial charge on any atom is 0.309 e. The monoisotopic (exact) mass is 428 g/mol. The molecule has 0 unspecified atom stereocenters. The van der Waals surface area contributed by atoms with Crippen LogP contribution in [0.25, 0.3) is 0 Å². The van der Waals surface area contributed by atoms with Gasteiger partial charge in [0.15, 0.2) is 5.84 Å². The van der Waals surface area contributed by atoms with Gasteiger partial charge in [0, 0.05) is 18.7 Å². The van der Waals surface area contributed by atoms with Crippen LogP contribution in [0.5, 0.6) is 5.75 Å². The summed E-state index contributed by atoms with van der Waals surface area (Å²) in [5.41, 5.74) is 1.79. The summed E-state index contributed by atoms with van der Waals surface area (Å²) in [5.74, 6) is 0.791. The van der Waals surface area contributed by atoms with Crippen LogP contribution in [0, 0.1) is 12.8 Å². The van der Waals surface area contributed by atoms with E-state index in [4.69, 9.17) is 9.47 Å². The number of aryl methyl sites for hydroxylation is 1. The van der Waals surface area contributed by atoms with Gasteiger partial charge in [0.2, 0.25) is 0 Å². The van der Waals surface area contributed by atoms with Gasteiger partial charge in [-0.05, 0) is 44.0 Å². The standard InChI is InChI=1S/C22H24N2O5S/c1-16-6-8-18(9-7-16)28-14-15-29-22(25)17-10-12-24(13-11-17)21-19-4-2-3-5-20(19)30(26,27)23-21/h2-9,17H,10-15H2,1H3. The molecule has 2 heterocycles. The number of esters is 1. The molecule has 30 heavy (non-hydrogen) atoms. The molecule has 1 fully saturated rings. The second-order valence-corrected chi connectivity index (χ2v) is 9.05. The highest BCUT2D eigenvalue weighted by Crippen LogP contribution is 2.29. The maximum atomic E-state index is 12.4. The fourth-order valence-corrected chi connectivity index (χ4v) is 4.93. The first kappa shape index (κ1) is 20.4. The van der Waals surface area contributed by atoms with Gasteiger partial charge in [-0.3, -0.25) is 4.79 Å². The fraction of sp³-hybridized carbons (Fsp3) is 0.364. The molecule has 0 saturated carbocycles. The van der Waals surface area contributed by atoms with Crippen LogP contribution >= 0.6 is 0 Å². The lowest BCUT2D eigenvalue weighted by atomic mass is 9.96. The molecule has 4 rings (SSSR count). The van der Waals surface area contributed by atoms with Crippen LogP contribution in [0.2, 0.25) is 0 Å². The molecule has 0 spiro atoms. The molecule has 2 aliphatic heterocycles. The summed E-state index contributed by atoms with van der Waals surface area (Å²) < 4.78 is 39.4. The molecular formula is C22H24N2O5S. The van der Waals surface area contributed by atoms with Crippen molar-refractivity contribution >= 4 is 21.8 Å². The van der Waals surface area contributed by atoms with Crippen molar-refractivity contribution in [2.75, 3.05) is 26.3 Å². The van der Waals surface area contributed by atoms with Crippen molar-refractivity contribution in [1.29, 1.82) is 0 Å². The molecule has 8 heteroatoms. The van der Waals surface area contributed by atoms with Crippen LogP contribution in [0.1, 0.15) is 24.0 Å². The van der Waals surface area contributed by atoms with E-state index >= 15 is 0 Å². The number of nitrogens with zero attached hydrogens (tertiary/aromatic N) is 2. The SMILES string of the molecule is Cc1ccc(OCCOC(=O)C2CCN(C3=NS(=O)(=O)c4ccccc43)CC2)cc1. The number of benzene rings is 2. The average molecular weight is 429 g/mol. The van der Waals surface area contributed by atoms with Crippen molar-refractivity contribution < 1.29 is 22.7 Å². The van der Waals surface area contributed by atoms with Gasteiger partial charge in [-0.2, -0.15) is 8.42 Å². The third kappa shape index (κ3) is 4.33. The number of fused-ring (bicyclic) bond motifs is 1. The Morgan fingerprint density at radius 1 is 1.07 bits per heavy atom. The quantitative estimate of drug-likeness (QED) is 0.538. The number of hydrogen-bond donors (Lipinski definition) is 0.